The zero-order valence-electron chi connectivity index (χ0n) is 19.6. The Hall–Kier alpha value is -1.10. The van der Waals surface area contributed by atoms with Crippen LogP contribution in [-0.2, 0) is 9.59 Å². The predicted octanol–water partition coefficient (Wildman–Crippen LogP) is 3.97. The first-order valence-electron chi connectivity index (χ1n) is 12.0. The number of piperidine rings is 1. The Bertz CT molecular complexity index is 513. The number of hydrogen-bond acceptors (Lipinski definition) is 3. The van der Waals surface area contributed by atoms with Gasteiger partial charge in [-0.05, 0) is 81.8 Å². The smallest absolute Gasteiger partial charge is 0.242 e. The van der Waals surface area contributed by atoms with Crippen LogP contribution in [-0.4, -0.2) is 48.9 Å². The molecule has 2 aliphatic rings. The molecule has 2 rings (SSSR count). The largest absolute Gasteiger partial charge is 0.354 e. The Balaban J connectivity index is 1.73. The van der Waals surface area contributed by atoms with Gasteiger partial charge in [0.15, 0.2) is 0 Å². The molecule has 0 aromatic rings. The minimum absolute atomic E-state index is 0.0321. The Labute approximate surface area is 178 Å². The van der Waals surface area contributed by atoms with Crippen LogP contribution in [0.15, 0.2) is 0 Å². The van der Waals surface area contributed by atoms with E-state index < -0.39 is 6.04 Å². The molecule has 1 aliphatic heterocycles. The summed E-state index contributed by atoms with van der Waals surface area (Å²) in [7, 11) is 0. The zero-order valence-corrected chi connectivity index (χ0v) is 19.6. The highest BCUT2D eigenvalue weighted by molar-refractivity contribution is 5.88. The number of amides is 2. The van der Waals surface area contributed by atoms with E-state index in [9.17, 15) is 9.59 Å². The molecule has 5 heteroatoms. The molecular weight excluding hydrogens is 362 g/mol. The number of hydrogen-bond donors (Lipinski definition) is 2. The van der Waals surface area contributed by atoms with Gasteiger partial charge in [0, 0.05) is 12.5 Å². The third-order valence-corrected chi connectivity index (χ3v) is 6.97. The van der Waals surface area contributed by atoms with E-state index >= 15 is 0 Å². The van der Waals surface area contributed by atoms with Gasteiger partial charge in [0.1, 0.15) is 6.04 Å². The molecular formula is C24H45N3O2. The molecule has 1 heterocycles. The van der Waals surface area contributed by atoms with Gasteiger partial charge in [-0.1, -0.05) is 41.0 Å². The SMILES string of the molecule is CC(C)[C@H](NC(=O)C1CCC(C(C)(C)C)CC1)C(=O)NCCCN1CCCCC1. The van der Waals surface area contributed by atoms with Crippen LogP contribution in [0.3, 0.4) is 0 Å². The molecule has 2 N–H and O–H groups in total. The van der Waals surface area contributed by atoms with E-state index in [1.807, 2.05) is 13.8 Å². The lowest BCUT2D eigenvalue weighted by Crippen LogP contribution is -2.51. The van der Waals surface area contributed by atoms with Crippen molar-refractivity contribution in [3.05, 3.63) is 0 Å². The van der Waals surface area contributed by atoms with E-state index in [-0.39, 0.29) is 23.7 Å². The Morgan fingerprint density at radius 3 is 2.17 bits per heavy atom. The van der Waals surface area contributed by atoms with Gasteiger partial charge in [-0.15, -0.1) is 0 Å². The van der Waals surface area contributed by atoms with Gasteiger partial charge in [-0.25, -0.2) is 0 Å². The maximum atomic E-state index is 12.8. The van der Waals surface area contributed by atoms with E-state index in [2.05, 4.69) is 36.3 Å². The van der Waals surface area contributed by atoms with E-state index in [1.165, 1.54) is 32.4 Å². The van der Waals surface area contributed by atoms with Gasteiger partial charge in [-0.2, -0.15) is 0 Å². The second kappa shape index (κ2) is 11.3. The van der Waals surface area contributed by atoms with Crippen LogP contribution in [0.4, 0.5) is 0 Å². The van der Waals surface area contributed by atoms with Crippen molar-refractivity contribution >= 4 is 11.8 Å². The standard InChI is InChI=1S/C24H45N3O2/c1-18(2)21(23(29)25-14-9-17-27-15-7-6-8-16-27)26-22(28)19-10-12-20(13-11-19)24(3,4)5/h18-21H,6-17H2,1-5H3,(H,25,29)(H,26,28)/t19?,20?,21-/m0/s1. The molecule has 0 aromatic heterocycles. The maximum Gasteiger partial charge on any atom is 0.242 e. The highest BCUT2D eigenvalue weighted by Crippen LogP contribution is 2.39. The van der Waals surface area contributed by atoms with Gasteiger partial charge in [0.2, 0.25) is 11.8 Å². The molecule has 0 unspecified atom stereocenters. The molecule has 1 atom stereocenters. The third kappa shape index (κ3) is 7.92. The molecule has 1 saturated heterocycles. The average Bonchev–Trinajstić information content (AvgIpc) is 2.69. The number of nitrogens with zero attached hydrogens (tertiary/aromatic N) is 1. The predicted molar refractivity (Wildman–Crippen MR) is 120 cm³/mol. The van der Waals surface area contributed by atoms with Crippen molar-refractivity contribution in [3.63, 3.8) is 0 Å². The molecule has 168 valence electrons. The fourth-order valence-electron chi connectivity index (χ4n) is 4.83. The number of carbonyl (C=O) groups is 2. The summed E-state index contributed by atoms with van der Waals surface area (Å²) in [6.45, 7) is 15.0. The van der Waals surface area contributed by atoms with Crippen LogP contribution in [0, 0.1) is 23.2 Å². The molecule has 0 bridgehead atoms. The summed E-state index contributed by atoms with van der Waals surface area (Å²) >= 11 is 0. The van der Waals surface area contributed by atoms with E-state index in [0.29, 0.717) is 17.9 Å². The van der Waals surface area contributed by atoms with Crippen molar-refractivity contribution in [1.82, 2.24) is 15.5 Å². The lowest BCUT2D eigenvalue weighted by molar-refractivity contribution is -0.133. The van der Waals surface area contributed by atoms with Crippen LogP contribution in [0.1, 0.15) is 86.0 Å². The molecule has 5 nitrogen and oxygen atoms in total. The minimum Gasteiger partial charge on any atom is -0.354 e. The van der Waals surface area contributed by atoms with Gasteiger partial charge in [0.05, 0.1) is 0 Å². The second-order valence-electron chi connectivity index (χ2n) is 10.7. The van der Waals surface area contributed by atoms with E-state index in [1.54, 1.807) is 0 Å². The molecule has 0 radical (unpaired) electrons. The fraction of sp³-hybridized carbons (Fsp3) is 0.917. The van der Waals surface area contributed by atoms with Crippen LogP contribution >= 0.6 is 0 Å². The topological polar surface area (TPSA) is 61.4 Å². The molecule has 2 fully saturated rings. The number of nitrogens with one attached hydrogen (secondary N) is 2. The van der Waals surface area contributed by atoms with Crippen molar-refractivity contribution in [3.8, 4) is 0 Å². The first-order valence-corrected chi connectivity index (χ1v) is 12.0. The van der Waals surface area contributed by atoms with Crippen LogP contribution in [0.2, 0.25) is 0 Å². The number of carbonyl (C=O) groups excluding carboxylic acids is 2. The van der Waals surface area contributed by atoms with Crippen molar-refractivity contribution in [2.45, 2.75) is 92.0 Å². The number of rotatable bonds is 8. The van der Waals surface area contributed by atoms with Crippen molar-refractivity contribution in [2.75, 3.05) is 26.2 Å². The minimum atomic E-state index is -0.433. The normalized spacial score (nSPS) is 24.9. The molecule has 2 amide bonds. The van der Waals surface area contributed by atoms with Crippen molar-refractivity contribution < 1.29 is 9.59 Å². The van der Waals surface area contributed by atoms with Gasteiger partial charge < -0.3 is 15.5 Å². The Kier molecular flexibility index (Phi) is 9.45. The summed E-state index contributed by atoms with van der Waals surface area (Å²) in [6, 6.07) is -0.433. The van der Waals surface area contributed by atoms with Crippen molar-refractivity contribution in [1.29, 1.82) is 0 Å². The van der Waals surface area contributed by atoms with Crippen molar-refractivity contribution in [2.24, 2.45) is 23.2 Å². The second-order valence-corrected chi connectivity index (χ2v) is 10.7. The third-order valence-electron chi connectivity index (χ3n) is 6.97. The first-order chi connectivity index (χ1) is 13.7. The molecule has 1 aliphatic carbocycles. The lowest BCUT2D eigenvalue weighted by atomic mass is 9.69. The van der Waals surface area contributed by atoms with Gasteiger partial charge in [0.25, 0.3) is 0 Å². The van der Waals surface area contributed by atoms with E-state index in [0.717, 1.165) is 38.6 Å². The summed E-state index contributed by atoms with van der Waals surface area (Å²) < 4.78 is 0. The Morgan fingerprint density at radius 2 is 1.62 bits per heavy atom. The molecule has 0 aromatic carbocycles. The van der Waals surface area contributed by atoms with Crippen LogP contribution < -0.4 is 10.6 Å². The van der Waals surface area contributed by atoms with Gasteiger partial charge >= 0.3 is 0 Å². The summed E-state index contributed by atoms with van der Waals surface area (Å²) in [5.41, 5.74) is 0.315. The highest BCUT2D eigenvalue weighted by Gasteiger charge is 2.34. The quantitative estimate of drug-likeness (QED) is 0.599. The zero-order chi connectivity index (χ0) is 21.4. The van der Waals surface area contributed by atoms with Crippen LogP contribution in [0.5, 0.6) is 0 Å². The van der Waals surface area contributed by atoms with E-state index in [4.69, 9.17) is 0 Å². The fourth-order valence-corrected chi connectivity index (χ4v) is 4.83. The molecule has 0 spiro atoms. The summed E-state index contributed by atoms with van der Waals surface area (Å²) in [5, 5.41) is 6.13. The first kappa shape index (κ1) is 24.2. The van der Waals surface area contributed by atoms with Crippen LogP contribution in [0.25, 0.3) is 0 Å². The monoisotopic (exact) mass is 407 g/mol. The Morgan fingerprint density at radius 1 is 1.00 bits per heavy atom. The average molecular weight is 408 g/mol. The molecule has 29 heavy (non-hydrogen) atoms. The number of likely N-dealkylation sites (tertiary alicyclic amines) is 1. The highest BCUT2D eigenvalue weighted by atomic mass is 16.2. The summed E-state index contributed by atoms with van der Waals surface area (Å²) in [5.74, 6) is 0.874. The summed E-state index contributed by atoms with van der Waals surface area (Å²) in [4.78, 5) is 28.0. The lowest BCUT2D eigenvalue weighted by Gasteiger charge is -2.37. The summed E-state index contributed by atoms with van der Waals surface area (Å²) in [6.07, 6.45) is 9.01. The molecule has 1 saturated carbocycles. The van der Waals surface area contributed by atoms with Gasteiger partial charge in [-0.3, -0.25) is 9.59 Å². The maximum absolute atomic E-state index is 12.8.